The van der Waals surface area contributed by atoms with Crippen LogP contribution in [0.3, 0.4) is 0 Å². The van der Waals surface area contributed by atoms with Gasteiger partial charge in [0.05, 0.1) is 18.4 Å². The van der Waals surface area contributed by atoms with Crippen molar-refractivity contribution in [3.8, 4) is 11.5 Å². The summed E-state index contributed by atoms with van der Waals surface area (Å²) in [4.78, 5) is 23.6. The molecule has 2 aromatic heterocycles. The first-order valence-corrected chi connectivity index (χ1v) is 10.6. The molecule has 6 heteroatoms. The van der Waals surface area contributed by atoms with Gasteiger partial charge in [0, 0.05) is 31.7 Å². The van der Waals surface area contributed by atoms with E-state index < -0.39 is 0 Å². The molecule has 3 aromatic rings. The van der Waals surface area contributed by atoms with Gasteiger partial charge >= 0.3 is 0 Å². The van der Waals surface area contributed by atoms with Crippen molar-refractivity contribution >= 4 is 5.91 Å². The second-order valence-corrected chi connectivity index (χ2v) is 7.74. The normalized spacial score (nSPS) is 14.3. The maximum absolute atomic E-state index is 13.3. The third kappa shape index (κ3) is 5.20. The average molecular weight is 418 g/mol. The lowest BCUT2D eigenvalue weighted by atomic mass is 9.90. The number of hydrogen-bond acceptors (Lipinski definition) is 5. The third-order valence-electron chi connectivity index (χ3n) is 5.70. The molecule has 0 radical (unpaired) electrons. The number of nitrogens with zero attached hydrogens (tertiary/aromatic N) is 3. The molecular weight excluding hydrogens is 390 g/mol. The number of aromatic nitrogens is 2. The largest absolute Gasteiger partial charge is 0.493 e. The zero-order valence-electron chi connectivity index (χ0n) is 17.7. The van der Waals surface area contributed by atoms with E-state index in [4.69, 9.17) is 9.47 Å². The van der Waals surface area contributed by atoms with Gasteiger partial charge in [0.25, 0.3) is 5.91 Å². The number of piperidine rings is 1. The van der Waals surface area contributed by atoms with Crippen molar-refractivity contribution in [1.82, 2.24) is 14.9 Å². The second kappa shape index (κ2) is 10.1. The number of methoxy groups -OCH3 is 1. The van der Waals surface area contributed by atoms with Crippen LogP contribution < -0.4 is 9.47 Å². The summed E-state index contributed by atoms with van der Waals surface area (Å²) < 4.78 is 11.5. The standard InChI is InChI=1S/C25H27N3O3/c1-30-23-7-4-6-22(24(23)31-18-21-5-2-3-12-27-21)25(29)28-15-10-20(11-16-28)17-19-8-13-26-14-9-19/h2-9,12-14,20H,10-11,15-18H2,1H3. The summed E-state index contributed by atoms with van der Waals surface area (Å²) in [7, 11) is 1.59. The molecule has 3 heterocycles. The quantitative estimate of drug-likeness (QED) is 0.578. The SMILES string of the molecule is COc1cccc(C(=O)N2CCC(Cc3ccncc3)CC2)c1OCc1ccccn1. The van der Waals surface area contributed by atoms with Crippen molar-refractivity contribution in [3.63, 3.8) is 0 Å². The fourth-order valence-corrected chi connectivity index (χ4v) is 3.99. The Morgan fingerprint density at radius 2 is 1.84 bits per heavy atom. The number of amides is 1. The van der Waals surface area contributed by atoms with E-state index in [0.29, 0.717) is 23.0 Å². The highest BCUT2D eigenvalue weighted by Crippen LogP contribution is 2.33. The maximum Gasteiger partial charge on any atom is 0.257 e. The Kier molecular flexibility index (Phi) is 6.77. The minimum Gasteiger partial charge on any atom is -0.493 e. The van der Waals surface area contributed by atoms with Crippen LogP contribution in [0, 0.1) is 5.92 Å². The Labute approximate surface area is 182 Å². The van der Waals surface area contributed by atoms with Crippen LogP contribution >= 0.6 is 0 Å². The number of carbonyl (C=O) groups excluding carboxylic acids is 1. The van der Waals surface area contributed by atoms with Crippen molar-refractivity contribution in [2.24, 2.45) is 5.92 Å². The molecule has 1 fully saturated rings. The average Bonchev–Trinajstić information content (AvgIpc) is 2.84. The molecule has 0 atom stereocenters. The van der Waals surface area contributed by atoms with E-state index in [9.17, 15) is 4.79 Å². The molecule has 1 aliphatic heterocycles. The first-order valence-electron chi connectivity index (χ1n) is 10.6. The van der Waals surface area contributed by atoms with E-state index in [2.05, 4.69) is 22.1 Å². The number of ether oxygens (including phenoxy) is 2. The van der Waals surface area contributed by atoms with Gasteiger partial charge in [-0.15, -0.1) is 0 Å². The van der Waals surface area contributed by atoms with Gasteiger partial charge in [0.1, 0.15) is 6.61 Å². The Morgan fingerprint density at radius 3 is 2.55 bits per heavy atom. The van der Waals surface area contributed by atoms with Gasteiger partial charge in [-0.05, 0) is 67.1 Å². The molecule has 1 amide bonds. The summed E-state index contributed by atoms with van der Waals surface area (Å²) in [6.07, 6.45) is 8.40. The van der Waals surface area contributed by atoms with E-state index in [1.165, 1.54) is 5.56 Å². The Bertz CT molecular complexity index is 987. The molecule has 1 aromatic carbocycles. The fraction of sp³-hybridized carbons (Fsp3) is 0.320. The molecule has 4 rings (SSSR count). The number of likely N-dealkylation sites (tertiary alicyclic amines) is 1. The molecule has 0 spiro atoms. The van der Waals surface area contributed by atoms with Gasteiger partial charge in [-0.1, -0.05) is 12.1 Å². The van der Waals surface area contributed by atoms with Gasteiger partial charge in [0.2, 0.25) is 0 Å². The summed E-state index contributed by atoms with van der Waals surface area (Å²) in [5.41, 5.74) is 2.63. The van der Waals surface area contributed by atoms with Crippen LogP contribution in [0.5, 0.6) is 11.5 Å². The van der Waals surface area contributed by atoms with Crippen molar-refractivity contribution in [2.75, 3.05) is 20.2 Å². The molecule has 0 N–H and O–H groups in total. The van der Waals surface area contributed by atoms with Crippen molar-refractivity contribution < 1.29 is 14.3 Å². The number of carbonyl (C=O) groups is 1. The van der Waals surface area contributed by atoms with Crippen LogP contribution in [0.2, 0.25) is 0 Å². The number of hydrogen-bond donors (Lipinski definition) is 0. The van der Waals surface area contributed by atoms with E-state index >= 15 is 0 Å². The van der Waals surface area contributed by atoms with E-state index in [1.54, 1.807) is 13.3 Å². The lowest BCUT2D eigenvalue weighted by Gasteiger charge is -2.32. The number of benzene rings is 1. The summed E-state index contributed by atoms with van der Waals surface area (Å²) in [6.45, 7) is 1.76. The monoisotopic (exact) mass is 417 g/mol. The molecular formula is C25H27N3O3. The third-order valence-corrected chi connectivity index (χ3v) is 5.70. The number of rotatable bonds is 7. The Balaban J connectivity index is 1.43. The van der Waals surface area contributed by atoms with Crippen LogP contribution in [0.15, 0.2) is 67.1 Å². The molecule has 6 nitrogen and oxygen atoms in total. The van der Waals surface area contributed by atoms with Crippen molar-refractivity contribution in [3.05, 3.63) is 83.9 Å². The minimum atomic E-state index is -0.0164. The first-order chi connectivity index (χ1) is 15.2. The Hall–Kier alpha value is -3.41. The van der Waals surface area contributed by atoms with E-state index in [-0.39, 0.29) is 12.5 Å². The van der Waals surface area contributed by atoms with Crippen LogP contribution in [0.1, 0.15) is 34.5 Å². The number of pyridine rings is 2. The molecule has 1 saturated heterocycles. The zero-order chi connectivity index (χ0) is 21.5. The van der Waals surface area contributed by atoms with Crippen LogP contribution in [0.25, 0.3) is 0 Å². The number of para-hydroxylation sites is 1. The maximum atomic E-state index is 13.3. The topological polar surface area (TPSA) is 64.5 Å². The molecule has 0 saturated carbocycles. The van der Waals surface area contributed by atoms with Gasteiger partial charge in [0.15, 0.2) is 11.5 Å². The van der Waals surface area contributed by atoms with E-state index in [0.717, 1.165) is 38.0 Å². The molecule has 0 aliphatic carbocycles. The van der Waals surface area contributed by atoms with Gasteiger partial charge in [-0.25, -0.2) is 0 Å². The summed E-state index contributed by atoms with van der Waals surface area (Å²) in [5, 5.41) is 0. The molecule has 31 heavy (non-hydrogen) atoms. The predicted octanol–water partition coefficient (Wildman–Crippen LogP) is 4.16. The van der Waals surface area contributed by atoms with Crippen LogP contribution in [-0.4, -0.2) is 41.0 Å². The first kappa shape index (κ1) is 20.8. The van der Waals surface area contributed by atoms with Crippen molar-refractivity contribution in [2.45, 2.75) is 25.9 Å². The fourth-order valence-electron chi connectivity index (χ4n) is 3.99. The highest BCUT2D eigenvalue weighted by atomic mass is 16.5. The Morgan fingerprint density at radius 1 is 1.03 bits per heavy atom. The van der Waals surface area contributed by atoms with E-state index in [1.807, 2.05) is 53.7 Å². The lowest BCUT2D eigenvalue weighted by molar-refractivity contribution is 0.0685. The smallest absolute Gasteiger partial charge is 0.257 e. The zero-order valence-corrected chi connectivity index (χ0v) is 17.7. The highest BCUT2D eigenvalue weighted by molar-refractivity contribution is 5.97. The summed E-state index contributed by atoms with van der Waals surface area (Å²) in [6, 6.07) is 15.3. The van der Waals surface area contributed by atoms with Gasteiger partial charge < -0.3 is 14.4 Å². The lowest BCUT2D eigenvalue weighted by Crippen LogP contribution is -2.39. The molecule has 160 valence electrons. The second-order valence-electron chi connectivity index (χ2n) is 7.74. The molecule has 1 aliphatic rings. The van der Waals surface area contributed by atoms with Gasteiger partial charge in [-0.2, -0.15) is 0 Å². The van der Waals surface area contributed by atoms with Gasteiger partial charge in [-0.3, -0.25) is 14.8 Å². The predicted molar refractivity (Wildman–Crippen MR) is 118 cm³/mol. The van der Waals surface area contributed by atoms with Crippen LogP contribution in [0.4, 0.5) is 0 Å². The highest BCUT2D eigenvalue weighted by Gasteiger charge is 2.27. The summed E-state index contributed by atoms with van der Waals surface area (Å²) >= 11 is 0. The summed E-state index contributed by atoms with van der Waals surface area (Å²) in [5.74, 6) is 1.59. The molecule has 0 bridgehead atoms. The van der Waals surface area contributed by atoms with Crippen LogP contribution in [-0.2, 0) is 13.0 Å². The minimum absolute atomic E-state index is 0.0164. The molecule has 0 unspecified atom stereocenters. The van der Waals surface area contributed by atoms with Crippen molar-refractivity contribution in [1.29, 1.82) is 0 Å².